The molecule has 2 aromatic rings. The monoisotopic (exact) mass is 281 g/mol. The predicted molar refractivity (Wildman–Crippen MR) is 72.9 cm³/mol. The first-order valence-corrected chi connectivity index (χ1v) is 7.06. The lowest BCUT2D eigenvalue weighted by Gasteiger charge is -2.13. The molecule has 1 heterocycles. The molecule has 0 saturated heterocycles. The predicted octanol–water partition coefficient (Wildman–Crippen LogP) is 0.560. The molecule has 102 valence electrons. The van der Waals surface area contributed by atoms with Crippen LogP contribution >= 0.6 is 0 Å². The summed E-state index contributed by atoms with van der Waals surface area (Å²) in [4.78, 5) is 6.86. The van der Waals surface area contributed by atoms with Gasteiger partial charge in [-0.05, 0) is 24.6 Å². The van der Waals surface area contributed by atoms with Gasteiger partial charge in [-0.1, -0.05) is 0 Å². The second kappa shape index (κ2) is 4.90. The van der Waals surface area contributed by atoms with Crippen molar-refractivity contribution in [1.82, 2.24) is 9.97 Å². The SMILES string of the molecule is Cc1c(NCc2cnc[nH]2)cc(N)cc1S(N)(=O)=O. The number of primary sulfonamides is 1. The molecule has 8 heteroatoms. The van der Waals surface area contributed by atoms with Gasteiger partial charge in [0.25, 0.3) is 0 Å². The van der Waals surface area contributed by atoms with Gasteiger partial charge < -0.3 is 16.0 Å². The number of hydrogen-bond acceptors (Lipinski definition) is 5. The number of sulfonamides is 1. The van der Waals surface area contributed by atoms with Crippen molar-refractivity contribution in [1.29, 1.82) is 0 Å². The molecule has 7 nitrogen and oxygen atoms in total. The third-order valence-corrected chi connectivity index (χ3v) is 3.75. The minimum absolute atomic E-state index is 0.0274. The fourth-order valence-corrected chi connectivity index (χ4v) is 2.60. The summed E-state index contributed by atoms with van der Waals surface area (Å²) in [6.45, 7) is 2.16. The number of benzene rings is 1. The van der Waals surface area contributed by atoms with Gasteiger partial charge in [-0.2, -0.15) is 0 Å². The highest BCUT2D eigenvalue weighted by Crippen LogP contribution is 2.26. The Bertz CT molecular complexity index is 679. The van der Waals surface area contributed by atoms with E-state index in [9.17, 15) is 8.42 Å². The van der Waals surface area contributed by atoms with Gasteiger partial charge in [-0.3, -0.25) is 0 Å². The summed E-state index contributed by atoms with van der Waals surface area (Å²) >= 11 is 0. The average Bonchev–Trinajstić information content (AvgIpc) is 2.81. The Balaban J connectivity index is 2.33. The molecule has 6 N–H and O–H groups in total. The Kier molecular flexibility index (Phi) is 3.45. The van der Waals surface area contributed by atoms with Crippen LogP contribution in [0.3, 0.4) is 0 Å². The molecule has 2 rings (SSSR count). The van der Waals surface area contributed by atoms with Crippen LogP contribution in [0.4, 0.5) is 11.4 Å². The number of aromatic amines is 1. The van der Waals surface area contributed by atoms with Gasteiger partial charge in [0.2, 0.25) is 10.0 Å². The first-order chi connectivity index (χ1) is 8.88. The topological polar surface area (TPSA) is 127 Å². The molecule has 0 radical (unpaired) electrons. The van der Waals surface area contributed by atoms with Crippen LogP contribution in [0.15, 0.2) is 29.6 Å². The molecule has 0 aliphatic carbocycles. The van der Waals surface area contributed by atoms with E-state index in [2.05, 4.69) is 15.3 Å². The highest BCUT2D eigenvalue weighted by Gasteiger charge is 2.15. The smallest absolute Gasteiger partial charge is 0.238 e. The second-order valence-corrected chi connectivity index (χ2v) is 5.70. The summed E-state index contributed by atoms with van der Waals surface area (Å²) in [5, 5.41) is 8.26. The molecule has 0 spiro atoms. The minimum Gasteiger partial charge on any atom is -0.399 e. The number of imidazole rings is 1. The number of nitrogen functional groups attached to an aromatic ring is 1. The summed E-state index contributed by atoms with van der Waals surface area (Å²) in [6.07, 6.45) is 3.24. The van der Waals surface area contributed by atoms with Crippen LogP contribution in [-0.2, 0) is 16.6 Å². The lowest BCUT2D eigenvalue weighted by Crippen LogP contribution is -2.15. The van der Waals surface area contributed by atoms with E-state index in [1.54, 1.807) is 25.5 Å². The summed E-state index contributed by atoms with van der Waals surface area (Å²) in [5.41, 5.74) is 8.06. The Morgan fingerprint density at radius 3 is 2.74 bits per heavy atom. The van der Waals surface area contributed by atoms with E-state index in [0.29, 0.717) is 23.5 Å². The second-order valence-electron chi connectivity index (χ2n) is 4.17. The van der Waals surface area contributed by atoms with E-state index in [-0.39, 0.29) is 4.90 Å². The van der Waals surface area contributed by atoms with E-state index < -0.39 is 10.0 Å². The fraction of sp³-hybridized carbons (Fsp3) is 0.182. The first kappa shape index (κ1) is 13.4. The van der Waals surface area contributed by atoms with Crippen LogP contribution in [0.2, 0.25) is 0 Å². The lowest BCUT2D eigenvalue weighted by molar-refractivity contribution is 0.597. The van der Waals surface area contributed by atoms with Crippen molar-refractivity contribution in [2.24, 2.45) is 5.14 Å². The summed E-state index contributed by atoms with van der Waals surface area (Å²) in [5.74, 6) is 0. The molecule has 0 saturated carbocycles. The van der Waals surface area contributed by atoms with Crippen molar-refractivity contribution in [3.63, 3.8) is 0 Å². The zero-order valence-corrected chi connectivity index (χ0v) is 11.2. The molecule has 0 bridgehead atoms. The molecule has 0 amide bonds. The van der Waals surface area contributed by atoms with Crippen LogP contribution in [0, 0.1) is 6.92 Å². The number of anilines is 2. The maximum atomic E-state index is 11.5. The quantitative estimate of drug-likeness (QED) is 0.609. The van der Waals surface area contributed by atoms with Crippen LogP contribution in [0.1, 0.15) is 11.3 Å². The standard InChI is InChI=1S/C11H15N5O2S/c1-7-10(15-5-9-4-14-6-16-9)2-8(12)3-11(7)19(13,17)18/h2-4,6,15H,5,12H2,1H3,(H,14,16)(H2,13,17,18). The van der Waals surface area contributed by atoms with Gasteiger partial charge in [-0.15, -0.1) is 0 Å². The number of H-pyrrole nitrogens is 1. The largest absolute Gasteiger partial charge is 0.399 e. The molecule has 0 unspecified atom stereocenters. The van der Waals surface area contributed by atoms with Crippen molar-refractivity contribution in [3.05, 3.63) is 35.9 Å². The molecule has 0 aliphatic heterocycles. The third kappa shape index (κ3) is 3.04. The molecule has 1 aromatic carbocycles. The minimum atomic E-state index is -3.79. The van der Waals surface area contributed by atoms with Gasteiger partial charge in [0.1, 0.15) is 0 Å². The van der Waals surface area contributed by atoms with E-state index >= 15 is 0 Å². The number of nitrogens with one attached hydrogen (secondary N) is 2. The first-order valence-electron chi connectivity index (χ1n) is 5.52. The van der Waals surface area contributed by atoms with Gasteiger partial charge in [0.05, 0.1) is 23.5 Å². The zero-order valence-electron chi connectivity index (χ0n) is 10.3. The van der Waals surface area contributed by atoms with E-state index in [0.717, 1.165) is 5.69 Å². The molecule has 19 heavy (non-hydrogen) atoms. The number of nitrogens with two attached hydrogens (primary N) is 2. The number of rotatable bonds is 4. The van der Waals surface area contributed by atoms with Crippen molar-refractivity contribution in [2.45, 2.75) is 18.4 Å². The van der Waals surface area contributed by atoms with E-state index in [1.165, 1.54) is 6.07 Å². The summed E-state index contributed by atoms with van der Waals surface area (Å²) in [6, 6.07) is 3.02. The van der Waals surface area contributed by atoms with Gasteiger partial charge >= 0.3 is 0 Å². The maximum Gasteiger partial charge on any atom is 0.238 e. The molecule has 0 fully saturated rings. The molecule has 1 aromatic heterocycles. The molecule has 0 atom stereocenters. The number of hydrogen-bond donors (Lipinski definition) is 4. The molecule has 0 aliphatic rings. The molecular weight excluding hydrogens is 266 g/mol. The summed E-state index contributed by atoms with van der Waals surface area (Å²) in [7, 11) is -3.79. The third-order valence-electron chi connectivity index (χ3n) is 2.71. The number of aromatic nitrogens is 2. The highest BCUT2D eigenvalue weighted by atomic mass is 32.2. The lowest BCUT2D eigenvalue weighted by atomic mass is 10.1. The Morgan fingerprint density at radius 2 is 2.16 bits per heavy atom. The highest BCUT2D eigenvalue weighted by molar-refractivity contribution is 7.89. The number of nitrogens with zero attached hydrogens (tertiary/aromatic N) is 1. The van der Waals surface area contributed by atoms with Crippen molar-refractivity contribution < 1.29 is 8.42 Å². The van der Waals surface area contributed by atoms with Crippen molar-refractivity contribution >= 4 is 21.4 Å². The van der Waals surface area contributed by atoms with Gasteiger partial charge in [-0.25, -0.2) is 18.5 Å². The van der Waals surface area contributed by atoms with Crippen molar-refractivity contribution in [2.75, 3.05) is 11.1 Å². The van der Waals surface area contributed by atoms with Gasteiger partial charge in [0, 0.05) is 17.6 Å². The van der Waals surface area contributed by atoms with E-state index in [4.69, 9.17) is 10.9 Å². The van der Waals surface area contributed by atoms with Crippen LogP contribution < -0.4 is 16.2 Å². The van der Waals surface area contributed by atoms with Gasteiger partial charge in [0.15, 0.2) is 0 Å². The van der Waals surface area contributed by atoms with Crippen LogP contribution in [0.25, 0.3) is 0 Å². The normalized spacial score (nSPS) is 11.5. The summed E-state index contributed by atoms with van der Waals surface area (Å²) < 4.78 is 22.9. The Labute approximate surface area is 111 Å². The maximum absolute atomic E-state index is 11.5. The van der Waals surface area contributed by atoms with Crippen LogP contribution in [-0.4, -0.2) is 18.4 Å². The Hall–Kier alpha value is -2.06. The fourth-order valence-electron chi connectivity index (χ4n) is 1.76. The van der Waals surface area contributed by atoms with Crippen molar-refractivity contribution in [3.8, 4) is 0 Å². The molecular formula is C11H15N5O2S. The zero-order chi connectivity index (χ0) is 14.0. The average molecular weight is 281 g/mol. The van der Waals surface area contributed by atoms with E-state index in [1.807, 2.05) is 0 Å². The van der Waals surface area contributed by atoms with Crippen LogP contribution in [0.5, 0.6) is 0 Å². The Morgan fingerprint density at radius 1 is 1.42 bits per heavy atom.